The van der Waals surface area contributed by atoms with Crippen LogP contribution in [0.15, 0.2) is 36.5 Å². The first-order chi connectivity index (χ1) is 13.0. The number of nitrogens with zero attached hydrogens (tertiary/aromatic N) is 4. The highest BCUT2D eigenvalue weighted by atomic mass is 16.2. The van der Waals surface area contributed by atoms with Gasteiger partial charge in [-0.05, 0) is 25.3 Å². The molecule has 2 aromatic rings. The van der Waals surface area contributed by atoms with Crippen molar-refractivity contribution in [2.75, 3.05) is 18.4 Å². The van der Waals surface area contributed by atoms with Crippen LogP contribution < -0.4 is 5.32 Å². The van der Waals surface area contributed by atoms with Crippen molar-refractivity contribution in [3.8, 4) is 0 Å². The highest BCUT2D eigenvalue weighted by Gasteiger charge is 2.44. The molecule has 1 saturated heterocycles. The lowest BCUT2D eigenvalue weighted by Gasteiger charge is -2.16. The number of hydrogen-bond donors (Lipinski definition) is 1. The molecule has 1 aromatic heterocycles. The molecule has 1 aliphatic heterocycles. The molecule has 0 atom stereocenters. The monoisotopic (exact) mass is 367 g/mol. The van der Waals surface area contributed by atoms with Crippen LogP contribution in [-0.2, 0) is 16.1 Å². The Hall–Kier alpha value is -3.16. The predicted octanol–water partition coefficient (Wildman–Crippen LogP) is 1.60. The van der Waals surface area contributed by atoms with Crippen molar-refractivity contribution in [3.63, 3.8) is 0 Å². The van der Waals surface area contributed by atoms with Gasteiger partial charge in [-0.15, -0.1) is 0 Å². The molecule has 8 nitrogen and oxygen atoms in total. The molecule has 140 valence electrons. The summed E-state index contributed by atoms with van der Waals surface area (Å²) in [5, 5.41) is 7.00. The van der Waals surface area contributed by atoms with Gasteiger partial charge < -0.3 is 10.2 Å². The Morgan fingerprint density at radius 2 is 2.07 bits per heavy atom. The molecule has 2 heterocycles. The van der Waals surface area contributed by atoms with Gasteiger partial charge in [0, 0.05) is 12.1 Å². The number of amides is 4. The van der Waals surface area contributed by atoms with Gasteiger partial charge in [0.2, 0.25) is 5.91 Å². The van der Waals surface area contributed by atoms with Crippen LogP contribution in [-0.4, -0.2) is 56.6 Å². The lowest BCUT2D eigenvalue weighted by atomic mass is 10.1. The summed E-state index contributed by atoms with van der Waals surface area (Å²) in [6, 6.07) is 9.52. The Bertz CT molecular complexity index is 902. The van der Waals surface area contributed by atoms with Crippen molar-refractivity contribution in [1.29, 1.82) is 0 Å². The minimum absolute atomic E-state index is 0.0715. The van der Waals surface area contributed by atoms with Crippen LogP contribution in [0.2, 0.25) is 0 Å². The van der Waals surface area contributed by atoms with Gasteiger partial charge in [0.05, 0.1) is 12.7 Å². The fourth-order valence-electron chi connectivity index (χ4n) is 3.26. The number of rotatable bonds is 6. The number of carbonyl (C=O) groups excluding carboxylic acids is 3. The Kier molecular flexibility index (Phi) is 4.39. The predicted molar refractivity (Wildman–Crippen MR) is 98.0 cm³/mol. The Morgan fingerprint density at radius 1 is 1.26 bits per heavy atom. The molecule has 0 bridgehead atoms. The average Bonchev–Trinajstić information content (AvgIpc) is 3.33. The molecule has 8 heteroatoms. The summed E-state index contributed by atoms with van der Waals surface area (Å²) >= 11 is 0. The zero-order chi connectivity index (χ0) is 19.0. The molecule has 4 amide bonds. The highest BCUT2D eigenvalue weighted by molar-refractivity contribution is 6.06. The Balaban J connectivity index is 1.39. The van der Waals surface area contributed by atoms with Crippen LogP contribution in [0.25, 0.3) is 0 Å². The maximum Gasteiger partial charge on any atom is 0.327 e. The van der Waals surface area contributed by atoms with E-state index in [9.17, 15) is 14.4 Å². The maximum absolute atomic E-state index is 12.4. The van der Waals surface area contributed by atoms with Gasteiger partial charge in [0.25, 0.3) is 5.91 Å². The minimum atomic E-state index is -0.416. The van der Waals surface area contributed by atoms with E-state index in [4.69, 9.17) is 0 Å². The van der Waals surface area contributed by atoms with Gasteiger partial charge in [-0.3, -0.25) is 14.5 Å². The first-order valence-electron chi connectivity index (χ1n) is 8.99. The van der Waals surface area contributed by atoms with Gasteiger partial charge in [0.1, 0.15) is 18.9 Å². The van der Waals surface area contributed by atoms with Crippen molar-refractivity contribution >= 4 is 23.7 Å². The van der Waals surface area contributed by atoms with Crippen molar-refractivity contribution in [3.05, 3.63) is 47.7 Å². The number of hydrogen-bond acceptors (Lipinski definition) is 4. The minimum Gasteiger partial charge on any atom is -0.312 e. The van der Waals surface area contributed by atoms with Gasteiger partial charge in [-0.2, -0.15) is 5.10 Å². The van der Waals surface area contributed by atoms with E-state index in [0.29, 0.717) is 12.4 Å². The van der Waals surface area contributed by atoms with Crippen LogP contribution >= 0.6 is 0 Å². The molecular formula is C19H21N5O3. The largest absolute Gasteiger partial charge is 0.327 e. The van der Waals surface area contributed by atoms with Crippen molar-refractivity contribution < 1.29 is 14.4 Å². The van der Waals surface area contributed by atoms with Crippen LogP contribution in [0.5, 0.6) is 0 Å². The lowest BCUT2D eigenvalue weighted by molar-refractivity contribution is -0.129. The summed E-state index contributed by atoms with van der Waals surface area (Å²) in [6.45, 7) is 2.32. The third-order valence-electron chi connectivity index (χ3n) is 4.77. The number of imide groups is 1. The molecule has 1 aromatic carbocycles. The number of carbonyl (C=O) groups is 3. The van der Waals surface area contributed by atoms with Gasteiger partial charge in [-0.1, -0.05) is 29.8 Å². The number of aryl methyl sites for hydroxylation is 1. The van der Waals surface area contributed by atoms with E-state index < -0.39 is 5.91 Å². The molecular weight excluding hydrogens is 346 g/mol. The summed E-state index contributed by atoms with van der Waals surface area (Å²) in [6.07, 6.45) is 3.46. The summed E-state index contributed by atoms with van der Waals surface area (Å²) in [7, 11) is 0. The van der Waals surface area contributed by atoms with Crippen LogP contribution in [0.3, 0.4) is 0 Å². The normalized spacial score (nSPS) is 16.9. The lowest BCUT2D eigenvalue weighted by Crippen LogP contribution is -2.39. The van der Waals surface area contributed by atoms with E-state index in [0.717, 1.165) is 28.9 Å². The smallest absolute Gasteiger partial charge is 0.312 e. The molecule has 1 N–H and O–H groups in total. The molecule has 0 radical (unpaired) electrons. The quantitative estimate of drug-likeness (QED) is 0.786. The van der Waals surface area contributed by atoms with Gasteiger partial charge >= 0.3 is 6.03 Å². The molecule has 1 aliphatic carbocycles. The number of aromatic nitrogens is 2. The number of urea groups is 1. The standard InChI is InChI=1S/C19H21N5O3/c1-13-3-2-4-14(9-13)10-24-16(7-8-20-24)21-17(25)11-23-18(26)12-22(19(23)27)15-5-6-15/h2-4,7-9,15H,5-6,10-12H2,1H3,(H,21,25). The zero-order valence-electron chi connectivity index (χ0n) is 15.1. The molecule has 0 unspecified atom stereocenters. The third-order valence-corrected chi connectivity index (χ3v) is 4.77. The summed E-state index contributed by atoms with van der Waals surface area (Å²) in [4.78, 5) is 39.3. The molecule has 4 rings (SSSR count). The highest BCUT2D eigenvalue weighted by Crippen LogP contribution is 2.30. The molecule has 2 fully saturated rings. The van der Waals surface area contributed by atoms with E-state index >= 15 is 0 Å². The zero-order valence-corrected chi connectivity index (χ0v) is 15.1. The molecule has 0 spiro atoms. The van der Waals surface area contributed by atoms with Gasteiger partial charge in [-0.25, -0.2) is 9.48 Å². The molecule has 1 saturated carbocycles. The summed E-state index contributed by atoms with van der Waals surface area (Å²) in [5.74, 6) is -0.213. The first kappa shape index (κ1) is 17.3. The van der Waals surface area contributed by atoms with Crippen LogP contribution in [0.4, 0.5) is 10.6 Å². The Labute approximate surface area is 156 Å². The number of benzene rings is 1. The second-order valence-electron chi connectivity index (χ2n) is 7.03. The fraction of sp³-hybridized carbons (Fsp3) is 0.368. The number of nitrogens with one attached hydrogen (secondary N) is 1. The van der Waals surface area contributed by atoms with Crippen LogP contribution in [0, 0.1) is 6.92 Å². The van der Waals surface area contributed by atoms with E-state index in [-0.39, 0.29) is 31.1 Å². The first-order valence-corrected chi connectivity index (χ1v) is 8.99. The Morgan fingerprint density at radius 3 is 2.81 bits per heavy atom. The van der Waals surface area contributed by atoms with E-state index in [1.165, 1.54) is 0 Å². The van der Waals surface area contributed by atoms with E-state index in [1.54, 1.807) is 21.8 Å². The SMILES string of the molecule is Cc1cccc(Cn2nccc2NC(=O)CN2C(=O)CN(C3CC3)C2=O)c1. The fourth-order valence-corrected chi connectivity index (χ4v) is 3.26. The third kappa shape index (κ3) is 3.69. The maximum atomic E-state index is 12.4. The van der Waals surface area contributed by atoms with Crippen molar-refractivity contribution in [2.24, 2.45) is 0 Å². The summed E-state index contributed by atoms with van der Waals surface area (Å²) < 4.78 is 1.68. The summed E-state index contributed by atoms with van der Waals surface area (Å²) in [5.41, 5.74) is 2.22. The average molecular weight is 367 g/mol. The van der Waals surface area contributed by atoms with Crippen molar-refractivity contribution in [1.82, 2.24) is 19.6 Å². The van der Waals surface area contributed by atoms with Crippen molar-refractivity contribution in [2.45, 2.75) is 32.4 Å². The van der Waals surface area contributed by atoms with E-state index in [2.05, 4.69) is 16.5 Å². The van der Waals surface area contributed by atoms with E-state index in [1.807, 2.05) is 25.1 Å². The molecule has 27 heavy (non-hydrogen) atoms. The van der Waals surface area contributed by atoms with Crippen LogP contribution in [0.1, 0.15) is 24.0 Å². The second kappa shape index (κ2) is 6.86. The second-order valence-corrected chi connectivity index (χ2v) is 7.03. The molecule has 2 aliphatic rings. The topological polar surface area (TPSA) is 87.5 Å². The van der Waals surface area contributed by atoms with Gasteiger partial charge in [0.15, 0.2) is 0 Å². The number of anilines is 1.